The van der Waals surface area contributed by atoms with E-state index in [2.05, 4.69) is 315 Å². The van der Waals surface area contributed by atoms with E-state index < -0.39 is 0 Å². The molecule has 1 heterocycles. The highest BCUT2D eigenvalue weighted by Crippen LogP contribution is 2.42. The van der Waals surface area contributed by atoms with Gasteiger partial charge in [0.2, 0.25) is 0 Å². The molecule has 0 unspecified atom stereocenters. The summed E-state index contributed by atoms with van der Waals surface area (Å²) in [4.78, 5) is 5.29. The number of pyridine rings is 1. The predicted octanol–water partition coefficient (Wildman–Crippen LogP) is 22.0. The molecular weight excluding hydrogens is 953 g/mol. The van der Waals surface area contributed by atoms with Crippen LogP contribution < -0.4 is 5.32 Å². The lowest BCUT2D eigenvalue weighted by atomic mass is 9.84. The lowest BCUT2D eigenvalue weighted by molar-refractivity contribution is 0.590. The molecule has 10 rings (SSSR count). The van der Waals surface area contributed by atoms with Gasteiger partial charge in [-0.2, -0.15) is 0 Å². The monoisotopic (exact) mass is 1030 g/mol. The fourth-order valence-electron chi connectivity index (χ4n) is 10.5. The molecule has 10 aromatic rings. The molecule has 0 aliphatic rings. The van der Waals surface area contributed by atoms with E-state index in [-0.39, 0.29) is 21.7 Å². The van der Waals surface area contributed by atoms with Crippen molar-refractivity contribution in [3.63, 3.8) is 0 Å². The average Bonchev–Trinajstić information content (AvgIpc) is 3.45. The normalized spacial score (nSPS) is 12.2. The summed E-state index contributed by atoms with van der Waals surface area (Å²) in [5.74, 6) is 0. The van der Waals surface area contributed by atoms with Gasteiger partial charge in [0.15, 0.2) is 0 Å². The van der Waals surface area contributed by atoms with E-state index in [1.54, 1.807) is 0 Å². The third kappa shape index (κ3) is 12.6. The standard InChI is InChI=1S/C77H78N2/c1-50-15-19-56(20-16-50)72-48-71(49-73(79-72)57-21-17-51(2)18-22-57)78-70-46-64(62-41-58(52-23-31-66(32-24-52)74(3,4)5)39-59(42-62)53-25-33-67(34-26-53)75(6,7)8)45-65(47-70)63-43-60(54-27-35-68(36-28-54)76(9,10)11)40-61(44-63)55-29-37-69(38-30-55)77(12,13)14/h15-49H,1-14H3,(H,78,79). The topological polar surface area (TPSA) is 24.9 Å². The lowest BCUT2D eigenvalue weighted by Gasteiger charge is -2.21. The molecule has 9 aromatic carbocycles. The SMILES string of the molecule is Cc1ccc(-c2cc(Nc3cc(-c4cc(-c5ccc(C(C)(C)C)cc5)cc(-c5ccc(C(C)(C)C)cc5)c4)cc(-c4cc(-c5ccc(C(C)(C)C)cc5)cc(-c5ccc(C(C)(C)C)cc5)c4)c3)cc(-c3ccc(C)cc3)n2)cc1. The van der Waals surface area contributed by atoms with Crippen LogP contribution in [-0.2, 0) is 21.7 Å². The second-order valence-corrected chi connectivity index (χ2v) is 26.2. The molecule has 0 saturated carbocycles. The first-order valence-corrected chi connectivity index (χ1v) is 28.2. The predicted molar refractivity (Wildman–Crippen MR) is 342 cm³/mol. The van der Waals surface area contributed by atoms with Crippen molar-refractivity contribution < 1.29 is 0 Å². The molecule has 0 bridgehead atoms. The molecule has 0 saturated heterocycles. The molecule has 1 aromatic heterocycles. The van der Waals surface area contributed by atoms with Gasteiger partial charge >= 0.3 is 0 Å². The molecule has 0 amide bonds. The molecule has 0 fully saturated rings. The van der Waals surface area contributed by atoms with E-state index in [1.165, 1.54) is 77.9 Å². The minimum atomic E-state index is 0.0454. The van der Waals surface area contributed by atoms with Crippen molar-refractivity contribution >= 4 is 11.4 Å². The molecular formula is C77H78N2. The molecule has 0 radical (unpaired) electrons. The molecule has 396 valence electrons. The zero-order valence-electron chi connectivity index (χ0n) is 49.2. The van der Waals surface area contributed by atoms with Crippen LogP contribution in [0.4, 0.5) is 11.4 Å². The summed E-state index contributed by atoms with van der Waals surface area (Å²) >= 11 is 0. The highest BCUT2D eigenvalue weighted by Gasteiger charge is 2.20. The second-order valence-electron chi connectivity index (χ2n) is 26.2. The van der Waals surface area contributed by atoms with Crippen LogP contribution in [0.2, 0.25) is 0 Å². The Morgan fingerprint density at radius 3 is 0.671 bits per heavy atom. The quantitative estimate of drug-likeness (QED) is 0.148. The van der Waals surface area contributed by atoms with Crippen molar-refractivity contribution in [2.75, 3.05) is 5.32 Å². The number of nitrogens with one attached hydrogen (secondary N) is 1. The molecule has 2 heteroatoms. The van der Waals surface area contributed by atoms with Gasteiger partial charge in [0.05, 0.1) is 11.4 Å². The van der Waals surface area contributed by atoms with Crippen LogP contribution in [0.25, 0.3) is 89.3 Å². The Hall–Kier alpha value is -8.07. The van der Waals surface area contributed by atoms with Crippen molar-refractivity contribution in [3.05, 3.63) is 246 Å². The third-order valence-corrected chi connectivity index (χ3v) is 15.6. The van der Waals surface area contributed by atoms with Crippen LogP contribution >= 0.6 is 0 Å². The third-order valence-electron chi connectivity index (χ3n) is 15.6. The smallest absolute Gasteiger partial charge is 0.0730 e. The highest BCUT2D eigenvalue weighted by molar-refractivity contribution is 5.89. The van der Waals surface area contributed by atoms with Gasteiger partial charge in [0.25, 0.3) is 0 Å². The largest absolute Gasteiger partial charge is 0.355 e. The summed E-state index contributed by atoms with van der Waals surface area (Å²) < 4.78 is 0. The highest BCUT2D eigenvalue weighted by atomic mass is 14.9. The van der Waals surface area contributed by atoms with E-state index in [4.69, 9.17) is 4.98 Å². The van der Waals surface area contributed by atoms with E-state index in [1.807, 2.05) is 0 Å². The Balaban J connectivity index is 1.20. The fourth-order valence-corrected chi connectivity index (χ4v) is 10.5. The number of nitrogens with zero attached hydrogens (tertiary/aromatic N) is 1. The number of aryl methyl sites for hydroxylation is 2. The Labute approximate surface area is 472 Å². The molecule has 79 heavy (non-hydrogen) atoms. The van der Waals surface area contributed by atoms with E-state index in [0.717, 1.165) is 56.1 Å². The van der Waals surface area contributed by atoms with Gasteiger partial charge < -0.3 is 5.32 Å². The Bertz CT molecular complexity index is 3380. The Kier molecular flexibility index (Phi) is 14.6. The summed E-state index contributed by atoms with van der Waals surface area (Å²) in [6.07, 6.45) is 0. The van der Waals surface area contributed by atoms with Crippen LogP contribution in [0.15, 0.2) is 212 Å². The van der Waals surface area contributed by atoms with Gasteiger partial charge in [-0.3, -0.25) is 0 Å². The molecule has 0 atom stereocenters. The first-order valence-electron chi connectivity index (χ1n) is 28.2. The van der Waals surface area contributed by atoms with Gasteiger partial charge in [-0.25, -0.2) is 4.98 Å². The van der Waals surface area contributed by atoms with Crippen molar-refractivity contribution in [3.8, 4) is 89.3 Å². The maximum absolute atomic E-state index is 5.29. The van der Waals surface area contributed by atoms with Crippen LogP contribution in [0, 0.1) is 13.8 Å². The number of benzene rings is 9. The summed E-state index contributed by atoms with van der Waals surface area (Å²) in [5, 5.41) is 3.99. The molecule has 0 aliphatic heterocycles. The zero-order chi connectivity index (χ0) is 56.0. The Morgan fingerprint density at radius 2 is 0.430 bits per heavy atom. The van der Waals surface area contributed by atoms with Gasteiger partial charge in [-0.15, -0.1) is 0 Å². The molecule has 0 aliphatic carbocycles. The van der Waals surface area contributed by atoms with E-state index >= 15 is 0 Å². The van der Waals surface area contributed by atoms with E-state index in [9.17, 15) is 0 Å². The first kappa shape index (κ1) is 54.3. The van der Waals surface area contributed by atoms with Crippen LogP contribution in [0.5, 0.6) is 0 Å². The van der Waals surface area contributed by atoms with Crippen molar-refractivity contribution in [1.82, 2.24) is 4.98 Å². The summed E-state index contributed by atoms with van der Waals surface area (Å²) in [6, 6.07) is 79.8. The number of rotatable bonds is 10. The molecule has 0 spiro atoms. The van der Waals surface area contributed by atoms with Gasteiger partial charge in [-0.05, 0) is 191 Å². The average molecular weight is 1030 g/mol. The first-order chi connectivity index (χ1) is 37.4. The molecule has 1 N–H and O–H groups in total. The number of hydrogen-bond acceptors (Lipinski definition) is 2. The lowest BCUT2D eigenvalue weighted by Crippen LogP contribution is -2.10. The second kappa shape index (κ2) is 21.3. The van der Waals surface area contributed by atoms with Crippen LogP contribution in [0.1, 0.15) is 116 Å². The Morgan fingerprint density at radius 1 is 0.228 bits per heavy atom. The van der Waals surface area contributed by atoms with Crippen molar-refractivity contribution in [2.24, 2.45) is 0 Å². The number of hydrogen-bond donors (Lipinski definition) is 1. The van der Waals surface area contributed by atoms with Gasteiger partial charge in [-0.1, -0.05) is 240 Å². The van der Waals surface area contributed by atoms with E-state index in [0.29, 0.717) is 0 Å². The number of aromatic nitrogens is 1. The van der Waals surface area contributed by atoms with Crippen LogP contribution in [-0.4, -0.2) is 4.98 Å². The number of anilines is 2. The summed E-state index contributed by atoms with van der Waals surface area (Å²) in [5.41, 5.74) is 27.8. The fraction of sp³-hybridized carbons (Fsp3) is 0.234. The van der Waals surface area contributed by atoms with Gasteiger partial charge in [0, 0.05) is 22.5 Å². The minimum Gasteiger partial charge on any atom is -0.355 e. The maximum atomic E-state index is 5.29. The summed E-state index contributed by atoms with van der Waals surface area (Å²) in [7, 11) is 0. The summed E-state index contributed by atoms with van der Waals surface area (Å²) in [6.45, 7) is 31.6. The minimum absolute atomic E-state index is 0.0454. The zero-order valence-corrected chi connectivity index (χ0v) is 49.2. The molecule has 2 nitrogen and oxygen atoms in total. The van der Waals surface area contributed by atoms with Crippen molar-refractivity contribution in [1.29, 1.82) is 0 Å². The van der Waals surface area contributed by atoms with Crippen LogP contribution in [0.3, 0.4) is 0 Å². The van der Waals surface area contributed by atoms with Gasteiger partial charge in [0.1, 0.15) is 0 Å². The maximum Gasteiger partial charge on any atom is 0.0730 e. The van der Waals surface area contributed by atoms with Crippen molar-refractivity contribution in [2.45, 2.75) is 119 Å².